The lowest BCUT2D eigenvalue weighted by Crippen LogP contribution is -2.02. The maximum absolute atomic E-state index is 4.47. The van der Waals surface area contributed by atoms with Gasteiger partial charge in [-0.1, -0.05) is 38.1 Å². The molecule has 0 aliphatic carbocycles. The molecule has 0 radical (unpaired) electrons. The first-order valence-corrected chi connectivity index (χ1v) is 7.41. The van der Waals surface area contributed by atoms with E-state index in [2.05, 4.69) is 45.6 Å². The average molecular weight is 284 g/mol. The van der Waals surface area contributed by atoms with Gasteiger partial charge in [0.25, 0.3) is 0 Å². The molecule has 0 saturated carbocycles. The van der Waals surface area contributed by atoms with Crippen molar-refractivity contribution in [2.45, 2.75) is 26.3 Å². The van der Waals surface area contributed by atoms with E-state index in [0.29, 0.717) is 12.5 Å². The molecule has 4 nitrogen and oxygen atoms in total. The predicted molar refractivity (Wildman–Crippen MR) is 83.1 cm³/mol. The Morgan fingerprint density at radius 1 is 1.20 bits per heavy atom. The van der Waals surface area contributed by atoms with E-state index >= 15 is 0 Å². The number of nitrogens with zero attached hydrogens (tertiary/aromatic N) is 3. The fraction of sp³-hybridized carbons (Fsp3) is 0.267. The lowest BCUT2D eigenvalue weighted by Gasteiger charge is -2.05. The number of rotatable bonds is 4. The third-order valence-corrected chi connectivity index (χ3v) is 3.81. The van der Waals surface area contributed by atoms with Crippen LogP contribution in [0.2, 0.25) is 0 Å². The molecule has 0 amide bonds. The number of pyridine rings is 1. The van der Waals surface area contributed by atoms with Crippen LogP contribution in [0.15, 0.2) is 36.5 Å². The Balaban J connectivity index is 1.79. The normalized spacial score (nSPS) is 11.2. The van der Waals surface area contributed by atoms with E-state index < -0.39 is 0 Å². The fourth-order valence-corrected chi connectivity index (χ4v) is 2.73. The van der Waals surface area contributed by atoms with Crippen molar-refractivity contribution in [1.29, 1.82) is 0 Å². The highest BCUT2D eigenvalue weighted by Gasteiger charge is 2.08. The van der Waals surface area contributed by atoms with Crippen molar-refractivity contribution in [1.82, 2.24) is 14.3 Å². The van der Waals surface area contributed by atoms with Crippen LogP contribution in [0.1, 0.15) is 31.3 Å². The summed E-state index contributed by atoms with van der Waals surface area (Å²) in [6.45, 7) is 4.85. The first-order valence-electron chi connectivity index (χ1n) is 6.64. The maximum atomic E-state index is 4.47. The maximum Gasteiger partial charge on any atom is 0.202 e. The van der Waals surface area contributed by atoms with Gasteiger partial charge in [0.05, 0.1) is 12.2 Å². The molecule has 1 N–H and O–H groups in total. The van der Waals surface area contributed by atoms with Crippen LogP contribution in [0.25, 0.3) is 10.8 Å². The summed E-state index contributed by atoms with van der Waals surface area (Å²) in [5.74, 6) is 1.25. The summed E-state index contributed by atoms with van der Waals surface area (Å²) in [5.41, 5.74) is 1.03. The summed E-state index contributed by atoms with van der Waals surface area (Å²) in [7, 11) is 0. The van der Waals surface area contributed by atoms with Crippen LogP contribution < -0.4 is 5.32 Å². The van der Waals surface area contributed by atoms with E-state index in [-0.39, 0.29) is 0 Å². The molecule has 3 aromatic rings. The van der Waals surface area contributed by atoms with Gasteiger partial charge in [0.15, 0.2) is 0 Å². The van der Waals surface area contributed by atoms with Crippen LogP contribution in [0.4, 0.5) is 5.13 Å². The van der Waals surface area contributed by atoms with E-state index in [9.17, 15) is 0 Å². The van der Waals surface area contributed by atoms with Crippen molar-refractivity contribution in [3.05, 3.63) is 48.0 Å². The van der Waals surface area contributed by atoms with Gasteiger partial charge in [-0.15, -0.1) is 0 Å². The predicted octanol–water partition coefficient (Wildman–Crippen LogP) is 3.82. The molecule has 0 aliphatic heterocycles. The van der Waals surface area contributed by atoms with Gasteiger partial charge in [0.1, 0.15) is 5.82 Å². The molecule has 102 valence electrons. The smallest absolute Gasteiger partial charge is 0.202 e. The van der Waals surface area contributed by atoms with Crippen LogP contribution in [-0.2, 0) is 6.54 Å². The van der Waals surface area contributed by atoms with Gasteiger partial charge in [-0.05, 0) is 11.5 Å². The molecule has 3 rings (SSSR count). The highest BCUT2D eigenvalue weighted by Crippen LogP contribution is 2.20. The number of nitrogens with one attached hydrogen (secondary N) is 1. The lowest BCUT2D eigenvalue weighted by molar-refractivity contribution is 0.799. The molecule has 0 aliphatic rings. The Bertz CT molecular complexity index is 715. The molecule has 0 fully saturated rings. The number of hydrogen-bond donors (Lipinski definition) is 1. The SMILES string of the molecule is CC(C)c1nsc(NCc2nccc3ccccc23)n1. The monoisotopic (exact) mass is 284 g/mol. The molecule has 0 atom stereocenters. The van der Waals surface area contributed by atoms with Crippen LogP contribution in [0.3, 0.4) is 0 Å². The van der Waals surface area contributed by atoms with Crippen LogP contribution >= 0.6 is 11.5 Å². The zero-order chi connectivity index (χ0) is 13.9. The molecular formula is C15H16N4S. The Labute approximate surface area is 122 Å². The number of anilines is 1. The third kappa shape index (κ3) is 2.63. The average Bonchev–Trinajstić information content (AvgIpc) is 2.94. The summed E-state index contributed by atoms with van der Waals surface area (Å²) in [4.78, 5) is 8.93. The number of fused-ring (bicyclic) bond motifs is 1. The molecule has 5 heteroatoms. The zero-order valence-corrected chi connectivity index (χ0v) is 12.3. The van der Waals surface area contributed by atoms with Crippen molar-refractivity contribution < 1.29 is 0 Å². The van der Waals surface area contributed by atoms with E-state index in [4.69, 9.17) is 0 Å². The summed E-state index contributed by atoms with van der Waals surface area (Å²) in [5, 5.41) is 6.55. The number of aromatic nitrogens is 3. The van der Waals surface area contributed by atoms with Crippen molar-refractivity contribution in [2.24, 2.45) is 0 Å². The summed E-state index contributed by atoms with van der Waals surface area (Å²) in [6, 6.07) is 10.3. The van der Waals surface area contributed by atoms with E-state index in [0.717, 1.165) is 16.6 Å². The van der Waals surface area contributed by atoms with Crippen LogP contribution in [0, 0.1) is 0 Å². The number of benzene rings is 1. The second-order valence-corrected chi connectivity index (χ2v) is 5.70. The fourth-order valence-electron chi connectivity index (χ4n) is 2.02. The minimum Gasteiger partial charge on any atom is -0.355 e. The highest BCUT2D eigenvalue weighted by molar-refractivity contribution is 7.09. The Morgan fingerprint density at radius 2 is 2.05 bits per heavy atom. The second-order valence-electron chi connectivity index (χ2n) is 4.94. The second kappa shape index (κ2) is 5.54. The van der Waals surface area contributed by atoms with Gasteiger partial charge in [-0.25, -0.2) is 4.98 Å². The first-order chi connectivity index (χ1) is 9.74. The molecule has 20 heavy (non-hydrogen) atoms. The zero-order valence-electron chi connectivity index (χ0n) is 11.5. The largest absolute Gasteiger partial charge is 0.355 e. The molecule has 0 spiro atoms. The Kier molecular flexibility index (Phi) is 3.60. The standard InChI is InChI=1S/C15H16N4S/c1-10(2)14-18-15(20-19-14)17-9-13-12-6-4-3-5-11(12)7-8-16-13/h3-8,10H,9H2,1-2H3,(H,17,18,19). The van der Waals surface area contributed by atoms with Gasteiger partial charge >= 0.3 is 0 Å². The van der Waals surface area contributed by atoms with Crippen molar-refractivity contribution >= 4 is 27.4 Å². The van der Waals surface area contributed by atoms with Gasteiger partial charge < -0.3 is 5.32 Å². The van der Waals surface area contributed by atoms with E-state index in [1.165, 1.54) is 22.3 Å². The molecule has 0 unspecified atom stereocenters. The molecule has 2 heterocycles. The lowest BCUT2D eigenvalue weighted by atomic mass is 10.1. The summed E-state index contributed by atoms with van der Waals surface area (Å²) >= 11 is 1.40. The van der Waals surface area contributed by atoms with Gasteiger partial charge in [0.2, 0.25) is 5.13 Å². The first kappa shape index (κ1) is 13.0. The molecule has 0 saturated heterocycles. The quantitative estimate of drug-likeness (QED) is 0.791. The van der Waals surface area contributed by atoms with Gasteiger partial charge in [0, 0.05) is 29.0 Å². The van der Waals surface area contributed by atoms with Crippen molar-refractivity contribution in [2.75, 3.05) is 5.32 Å². The van der Waals surface area contributed by atoms with E-state index in [1.807, 2.05) is 24.4 Å². The van der Waals surface area contributed by atoms with Crippen LogP contribution in [0.5, 0.6) is 0 Å². The van der Waals surface area contributed by atoms with Gasteiger partial charge in [-0.3, -0.25) is 4.98 Å². The third-order valence-electron chi connectivity index (χ3n) is 3.12. The highest BCUT2D eigenvalue weighted by atomic mass is 32.1. The molecule has 1 aromatic carbocycles. The van der Waals surface area contributed by atoms with E-state index in [1.54, 1.807) is 0 Å². The summed E-state index contributed by atoms with van der Waals surface area (Å²) < 4.78 is 4.34. The van der Waals surface area contributed by atoms with Crippen molar-refractivity contribution in [3.63, 3.8) is 0 Å². The minimum absolute atomic E-state index is 0.359. The van der Waals surface area contributed by atoms with Crippen molar-refractivity contribution in [3.8, 4) is 0 Å². The number of hydrogen-bond acceptors (Lipinski definition) is 5. The van der Waals surface area contributed by atoms with Gasteiger partial charge in [-0.2, -0.15) is 4.37 Å². The Hall–Kier alpha value is -2.01. The summed E-state index contributed by atoms with van der Waals surface area (Å²) in [6.07, 6.45) is 1.85. The molecule has 0 bridgehead atoms. The van der Waals surface area contributed by atoms with Crippen LogP contribution in [-0.4, -0.2) is 14.3 Å². The minimum atomic E-state index is 0.359. The Morgan fingerprint density at radius 3 is 2.85 bits per heavy atom. The molecular weight excluding hydrogens is 268 g/mol. The molecule has 2 aromatic heterocycles. The topological polar surface area (TPSA) is 50.7 Å².